The predicted molar refractivity (Wildman–Crippen MR) is 168 cm³/mol. The van der Waals surface area contributed by atoms with Gasteiger partial charge in [0, 0.05) is 18.5 Å². The van der Waals surface area contributed by atoms with Crippen molar-refractivity contribution in [2.24, 2.45) is 27.9 Å². The molecule has 0 radical (unpaired) electrons. The van der Waals surface area contributed by atoms with Gasteiger partial charge in [-0.15, -0.1) is 0 Å². The topological polar surface area (TPSA) is 216 Å². The van der Waals surface area contributed by atoms with Gasteiger partial charge in [0.15, 0.2) is 5.96 Å². The molecule has 11 nitrogen and oxygen atoms in total. The van der Waals surface area contributed by atoms with Gasteiger partial charge in [0.1, 0.15) is 17.9 Å². The molecule has 3 aromatic rings. The Bertz CT molecular complexity index is 1420. The van der Waals surface area contributed by atoms with E-state index in [0.29, 0.717) is 18.4 Å². The first-order valence-electron chi connectivity index (χ1n) is 14.0. The minimum atomic E-state index is -1.07. The van der Waals surface area contributed by atoms with Gasteiger partial charge in [0.05, 0.1) is 5.41 Å². The summed E-state index contributed by atoms with van der Waals surface area (Å²) >= 11 is 0. The van der Waals surface area contributed by atoms with Crippen molar-refractivity contribution in [1.82, 2.24) is 10.6 Å². The van der Waals surface area contributed by atoms with Crippen molar-refractivity contribution in [2.75, 3.05) is 6.54 Å². The van der Waals surface area contributed by atoms with Crippen LogP contribution in [0.5, 0.6) is 0 Å². The van der Waals surface area contributed by atoms with E-state index in [9.17, 15) is 14.4 Å². The van der Waals surface area contributed by atoms with E-state index < -0.39 is 29.3 Å². The number of carbonyl (C=O) groups is 3. The van der Waals surface area contributed by atoms with Crippen LogP contribution in [0.4, 0.5) is 0 Å². The quantitative estimate of drug-likeness (QED) is 0.0791. The second-order valence-electron chi connectivity index (χ2n) is 10.6. The van der Waals surface area contributed by atoms with Gasteiger partial charge in [-0.2, -0.15) is 0 Å². The minimum Gasteiger partial charge on any atom is -0.384 e. The van der Waals surface area contributed by atoms with Gasteiger partial charge in [-0.25, -0.2) is 0 Å². The molecule has 3 atom stereocenters. The van der Waals surface area contributed by atoms with E-state index in [-0.39, 0.29) is 37.1 Å². The first kappa shape index (κ1) is 32.3. The molecule has 0 saturated heterocycles. The van der Waals surface area contributed by atoms with Gasteiger partial charge in [0.2, 0.25) is 17.7 Å². The summed E-state index contributed by atoms with van der Waals surface area (Å²) in [6.07, 6.45) is 1.14. The summed E-state index contributed by atoms with van der Waals surface area (Å²) in [5.41, 5.74) is 23.9. The number of nitrogens with two attached hydrogens (primary N) is 4. The molecule has 0 fully saturated rings. The van der Waals surface area contributed by atoms with Gasteiger partial charge in [0.25, 0.3) is 0 Å². The molecule has 0 heterocycles. The number of rotatable bonds is 15. The maximum atomic E-state index is 14.2. The Labute approximate surface area is 251 Å². The molecular formula is C32H40N8O3. The summed E-state index contributed by atoms with van der Waals surface area (Å²) < 4.78 is 0. The third kappa shape index (κ3) is 9.42. The number of guanidine groups is 1. The lowest BCUT2D eigenvalue weighted by Gasteiger charge is -2.32. The summed E-state index contributed by atoms with van der Waals surface area (Å²) in [7, 11) is 0. The van der Waals surface area contributed by atoms with Crippen molar-refractivity contribution in [3.8, 4) is 0 Å². The maximum absolute atomic E-state index is 14.2. The SMILES string of the molecule is C[C@@](Cc1ccc(C(=N)N)cc1)(C(=O)N[C@@H](Cc1ccccc1)C(=O)NC(CCCN=C(N)N)C(N)=O)c1ccccc1. The average molecular weight is 585 g/mol. The van der Waals surface area contributed by atoms with E-state index in [1.54, 1.807) is 12.1 Å². The summed E-state index contributed by atoms with van der Waals surface area (Å²) in [6, 6.07) is 23.8. The van der Waals surface area contributed by atoms with E-state index in [2.05, 4.69) is 15.6 Å². The fraction of sp³-hybridized carbons (Fsp3) is 0.281. The fourth-order valence-electron chi connectivity index (χ4n) is 4.77. The normalized spacial score (nSPS) is 13.5. The Balaban J connectivity index is 1.89. The van der Waals surface area contributed by atoms with Crippen molar-refractivity contribution in [1.29, 1.82) is 5.41 Å². The maximum Gasteiger partial charge on any atom is 0.243 e. The number of nitrogens with one attached hydrogen (secondary N) is 3. The number of nitrogens with zero attached hydrogens (tertiary/aromatic N) is 1. The van der Waals surface area contributed by atoms with Gasteiger partial charge in [-0.3, -0.25) is 24.8 Å². The van der Waals surface area contributed by atoms with Gasteiger partial charge in [-0.1, -0.05) is 84.9 Å². The standard InChI is InChI=1S/C32H40N8O3/c1-32(24-11-6-3-7-12-24,20-22-14-16-23(17-15-22)27(33)34)30(43)40-26(19-21-9-4-2-5-10-21)29(42)39-25(28(35)41)13-8-18-38-31(36)37/h2-7,9-12,14-17,25-26H,8,13,18-20H2,1H3,(H3,33,34)(H2,35,41)(H,39,42)(H,40,43)(H4,36,37,38)/t25?,26-,32-/m0/s1. The Hall–Kier alpha value is -5.19. The van der Waals surface area contributed by atoms with Gasteiger partial charge >= 0.3 is 0 Å². The highest BCUT2D eigenvalue weighted by atomic mass is 16.2. The molecule has 0 aromatic heterocycles. The number of hydrogen-bond donors (Lipinski definition) is 7. The summed E-state index contributed by atoms with van der Waals surface area (Å²) in [4.78, 5) is 43.9. The molecule has 3 aromatic carbocycles. The van der Waals surface area contributed by atoms with Gasteiger partial charge < -0.3 is 33.6 Å². The minimum absolute atomic E-state index is 0.0459. The Morgan fingerprint density at radius 3 is 1.98 bits per heavy atom. The first-order chi connectivity index (χ1) is 20.5. The van der Waals surface area contributed by atoms with E-state index in [1.807, 2.05) is 79.7 Å². The predicted octanol–water partition coefficient (Wildman–Crippen LogP) is 1.22. The lowest BCUT2D eigenvalue weighted by atomic mass is 9.76. The van der Waals surface area contributed by atoms with Gasteiger partial charge in [-0.05, 0) is 42.9 Å². The molecule has 0 aliphatic rings. The average Bonchev–Trinajstić information content (AvgIpc) is 2.99. The Morgan fingerprint density at radius 2 is 1.42 bits per heavy atom. The zero-order valence-electron chi connectivity index (χ0n) is 24.3. The fourth-order valence-corrected chi connectivity index (χ4v) is 4.77. The molecule has 0 bridgehead atoms. The molecule has 11 N–H and O–H groups in total. The molecule has 0 saturated carbocycles. The van der Waals surface area contributed by atoms with Crippen molar-refractivity contribution >= 4 is 29.5 Å². The highest BCUT2D eigenvalue weighted by Gasteiger charge is 2.38. The second kappa shape index (κ2) is 15.2. The van der Waals surface area contributed by atoms with Crippen LogP contribution < -0.4 is 33.6 Å². The van der Waals surface area contributed by atoms with Crippen molar-refractivity contribution < 1.29 is 14.4 Å². The summed E-state index contributed by atoms with van der Waals surface area (Å²) in [6.45, 7) is 2.10. The number of amides is 3. The second-order valence-corrected chi connectivity index (χ2v) is 10.6. The first-order valence-corrected chi connectivity index (χ1v) is 14.0. The van der Waals surface area contributed by atoms with Crippen LogP contribution in [-0.4, -0.2) is 48.1 Å². The number of benzene rings is 3. The smallest absolute Gasteiger partial charge is 0.243 e. The molecule has 3 amide bonds. The highest BCUT2D eigenvalue weighted by Crippen LogP contribution is 2.29. The molecule has 0 aliphatic carbocycles. The van der Waals surface area contributed by atoms with Crippen LogP contribution in [-0.2, 0) is 32.6 Å². The highest BCUT2D eigenvalue weighted by molar-refractivity contribution is 5.96. The Morgan fingerprint density at radius 1 is 0.814 bits per heavy atom. The molecule has 226 valence electrons. The van der Waals surface area contributed by atoms with Crippen LogP contribution in [0.3, 0.4) is 0 Å². The number of aliphatic imine (C=N–C) groups is 1. The van der Waals surface area contributed by atoms with Crippen LogP contribution in [0.2, 0.25) is 0 Å². The third-order valence-electron chi connectivity index (χ3n) is 7.24. The molecule has 1 unspecified atom stereocenters. The molecule has 43 heavy (non-hydrogen) atoms. The zero-order chi connectivity index (χ0) is 31.4. The van der Waals surface area contributed by atoms with Crippen LogP contribution >= 0.6 is 0 Å². The van der Waals surface area contributed by atoms with E-state index in [4.69, 9.17) is 28.3 Å². The third-order valence-corrected chi connectivity index (χ3v) is 7.24. The van der Waals surface area contributed by atoms with Crippen molar-refractivity contribution in [2.45, 2.75) is 50.1 Å². The number of primary amides is 1. The number of nitrogen functional groups attached to an aromatic ring is 1. The summed E-state index contributed by atoms with van der Waals surface area (Å²) in [5.74, 6) is -1.72. The van der Waals surface area contributed by atoms with Crippen molar-refractivity contribution in [3.63, 3.8) is 0 Å². The number of hydrogen-bond acceptors (Lipinski definition) is 5. The Kier molecular flexibility index (Phi) is 11.4. The number of amidine groups is 1. The largest absolute Gasteiger partial charge is 0.384 e. The van der Waals surface area contributed by atoms with E-state index in [1.165, 1.54) is 0 Å². The molecule has 0 spiro atoms. The molecular weight excluding hydrogens is 544 g/mol. The lowest BCUT2D eigenvalue weighted by molar-refractivity contribution is -0.133. The lowest BCUT2D eigenvalue weighted by Crippen LogP contribution is -2.56. The molecule has 0 aliphatic heterocycles. The monoisotopic (exact) mass is 584 g/mol. The van der Waals surface area contributed by atoms with Crippen LogP contribution in [0.15, 0.2) is 89.9 Å². The van der Waals surface area contributed by atoms with Crippen LogP contribution in [0, 0.1) is 5.41 Å². The number of carbonyl (C=O) groups excluding carboxylic acids is 3. The zero-order valence-corrected chi connectivity index (χ0v) is 24.3. The van der Waals surface area contributed by atoms with Crippen LogP contribution in [0.1, 0.15) is 42.0 Å². The summed E-state index contributed by atoms with van der Waals surface area (Å²) in [5, 5.41) is 13.4. The van der Waals surface area contributed by atoms with Crippen molar-refractivity contribution in [3.05, 3.63) is 107 Å². The molecule has 11 heteroatoms. The van der Waals surface area contributed by atoms with Crippen LogP contribution in [0.25, 0.3) is 0 Å². The molecule has 3 rings (SSSR count). The van der Waals surface area contributed by atoms with E-state index in [0.717, 1.165) is 16.7 Å². The van der Waals surface area contributed by atoms with E-state index >= 15 is 0 Å².